The zero-order chi connectivity index (χ0) is 18.9. The molecule has 2 aromatic rings. The second-order valence-corrected chi connectivity index (χ2v) is 8.07. The molecule has 1 aliphatic heterocycles. The quantitative estimate of drug-likeness (QED) is 0.748. The highest BCUT2D eigenvalue weighted by Gasteiger charge is 2.44. The van der Waals surface area contributed by atoms with Gasteiger partial charge < -0.3 is 10.5 Å². The molecule has 28 heavy (non-hydrogen) atoms. The van der Waals surface area contributed by atoms with Gasteiger partial charge in [-0.15, -0.1) is 12.4 Å². The molecule has 2 aromatic carbocycles. The number of carbonyl (C=O) groups excluding carboxylic acids is 1. The Balaban J connectivity index is 0.00000225. The van der Waals surface area contributed by atoms with Crippen molar-refractivity contribution < 1.29 is 9.53 Å². The van der Waals surface area contributed by atoms with Crippen molar-refractivity contribution in [1.82, 2.24) is 4.90 Å². The molecule has 4 nitrogen and oxygen atoms in total. The fraction of sp³-hybridized carbons (Fsp3) is 0.409. The standard InChI is InChI=1S/C22H25ClN2O2.ClH/c23-18-8-4-7-17(13-18)22(15-24)11-9-19(10-12-22)25-20(14-27-21(25)26)16-5-2-1-3-6-16;/h1-8,13,19-20H,9-12,14-15,24H2;1H/t19-,20-,22+;/m1./s1. The normalized spacial score (nSPS) is 27.2. The van der Waals surface area contributed by atoms with Gasteiger partial charge in [0.1, 0.15) is 6.61 Å². The number of nitrogens with zero attached hydrogens (tertiary/aromatic N) is 1. The summed E-state index contributed by atoms with van der Waals surface area (Å²) in [6.07, 6.45) is 3.53. The summed E-state index contributed by atoms with van der Waals surface area (Å²) in [5, 5.41) is 0.745. The van der Waals surface area contributed by atoms with Gasteiger partial charge in [-0.3, -0.25) is 4.90 Å². The Bertz CT molecular complexity index is 807. The maximum absolute atomic E-state index is 12.5. The summed E-state index contributed by atoms with van der Waals surface area (Å²) in [4.78, 5) is 14.4. The zero-order valence-electron chi connectivity index (χ0n) is 15.7. The second-order valence-electron chi connectivity index (χ2n) is 7.64. The lowest BCUT2D eigenvalue weighted by Crippen LogP contribution is -2.46. The molecular weight excluding hydrogens is 395 g/mol. The van der Waals surface area contributed by atoms with Crippen LogP contribution >= 0.6 is 24.0 Å². The molecule has 2 aliphatic rings. The molecular formula is C22H26Cl2N2O2. The summed E-state index contributed by atoms with van der Waals surface area (Å²) in [6, 6.07) is 18.4. The van der Waals surface area contributed by atoms with Gasteiger partial charge in [-0.05, 0) is 48.9 Å². The highest BCUT2D eigenvalue weighted by Crippen LogP contribution is 2.43. The van der Waals surface area contributed by atoms with Gasteiger partial charge in [-0.25, -0.2) is 4.79 Å². The van der Waals surface area contributed by atoms with E-state index >= 15 is 0 Å². The minimum absolute atomic E-state index is 0. The molecule has 4 rings (SSSR count). The lowest BCUT2D eigenvalue weighted by Gasteiger charge is -2.43. The van der Waals surface area contributed by atoms with Gasteiger partial charge in [0.2, 0.25) is 0 Å². The first-order valence-electron chi connectivity index (χ1n) is 9.59. The van der Waals surface area contributed by atoms with Crippen LogP contribution in [-0.4, -0.2) is 30.2 Å². The Hall–Kier alpha value is -1.75. The zero-order valence-corrected chi connectivity index (χ0v) is 17.3. The summed E-state index contributed by atoms with van der Waals surface area (Å²) in [5.74, 6) is 0. The average Bonchev–Trinajstić information content (AvgIpc) is 3.10. The fourth-order valence-corrected chi connectivity index (χ4v) is 4.82. The van der Waals surface area contributed by atoms with Crippen LogP contribution in [0, 0.1) is 0 Å². The van der Waals surface area contributed by atoms with Crippen LogP contribution in [0.1, 0.15) is 42.9 Å². The molecule has 0 aromatic heterocycles. The molecule has 0 unspecified atom stereocenters. The molecule has 1 aliphatic carbocycles. The molecule has 1 saturated heterocycles. The highest BCUT2D eigenvalue weighted by molar-refractivity contribution is 6.30. The van der Waals surface area contributed by atoms with Gasteiger partial charge in [0.15, 0.2) is 0 Å². The first-order chi connectivity index (χ1) is 13.1. The number of benzene rings is 2. The number of carbonyl (C=O) groups is 1. The predicted octanol–water partition coefficient (Wildman–Crippen LogP) is 5.09. The third-order valence-electron chi connectivity index (χ3n) is 6.23. The lowest BCUT2D eigenvalue weighted by atomic mass is 9.68. The van der Waals surface area contributed by atoms with E-state index in [-0.39, 0.29) is 36.0 Å². The van der Waals surface area contributed by atoms with Gasteiger partial charge in [0.05, 0.1) is 6.04 Å². The number of rotatable bonds is 4. The van der Waals surface area contributed by atoms with Crippen LogP contribution in [0.3, 0.4) is 0 Å². The van der Waals surface area contributed by atoms with Crippen LogP contribution in [0.2, 0.25) is 5.02 Å². The van der Waals surface area contributed by atoms with Gasteiger partial charge in [-0.2, -0.15) is 0 Å². The van der Waals surface area contributed by atoms with E-state index in [0.717, 1.165) is 36.3 Å². The number of cyclic esters (lactones) is 1. The van der Waals surface area contributed by atoms with Crippen LogP contribution in [0.5, 0.6) is 0 Å². The van der Waals surface area contributed by atoms with Crippen LogP contribution < -0.4 is 5.73 Å². The molecule has 1 amide bonds. The Morgan fingerprint density at radius 1 is 1.11 bits per heavy atom. The number of amides is 1. The van der Waals surface area contributed by atoms with Crippen LogP contribution in [-0.2, 0) is 10.2 Å². The number of hydrogen-bond acceptors (Lipinski definition) is 3. The van der Waals surface area contributed by atoms with Crippen molar-refractivity contribution in [2.45, 2.75) is 43.2 Å². The van der Waals surface area contributed by atoms with Gasteiger partial charge >= 0.3 is 6.09 Å². The Morgan fingerprint density at radius 2 is 1.82 bits per heavy atom. The van der Waals surface area contributed by atoms with Crippen molar-refractivity contribution in [3.05, 3.63) is 70.7 Å². The summed E-state index contributed by atoms with van der Waals surface area (Å²) in [5.41, 5.74) is 8.50. The maximum Gasteiger partial charge on any atom is 0.410 e. The molecule has 1 saturated carbocycles. The Labute approximate surface area is 177 Å². The third-order valence-corrected chi connectivity index (χ3v) is 6.46. The number of ether oxygens (including phenoxy) is 1. The van der Waals surface area contributed by atoms with E-state index in [2.05, 4.69) is 18.2 Å². The van der Waals surface area contributed by atoms with E-state index in [1.165, 1.54) is 5.56 Å². The molecule has 0 spiro atoms. The molecule has 150 valence electrons. The summed E-state index contributed by atoms with van der Waals surface area (Å²) < 4.78 is 5.41. The van der Waals surface area contributed by atoms with Crippen molar-refractivity contribution in [3.63, 3.8) is 0 Å². The van der Waals surface area contributed by atoms with Crippen LogP contribution in [0.4, 0.5) is 4.79 Å². The summed E-state index contributed by atoms with van der Waals surface area (Å²) in [6.45, 7) is 1.02. The monoisotopic (exact) mass is 420 g/mol. The summed E-state index contributed by atoms with van der Waals surface area (Å²) in [7, 11) is 0. The molecule has 1 heterocycles. The van der Waals surface area contributed by atoms with Crippen LogP contribution in [0.15, 0.2) is 54.6 Å². The van der Waals surface area contributed by atoms with Crippen molar-refractivity contribution in [1.29, 1.82) is 0 Å². The van der Waals surface area contributed by atoms with Crippen molar-refractivity contribution in [2.24, 2.45) is 5.73 Å². The number of hydrogen-bond donors (Lipinski definition) is 1. The SMILES string of the molecule is Cl.NC[C@]1(c2cccc(Cl)c2)CC[C@@H](N2C(=O)OC[C@@H]2c2ccccc2)CC1. The van der Waals surface area contributed by atoms with Crippen LogP contribution in [0.25, 0.3) is 0 Å². The van der Waals surface area contributed by atoms with E-state index in [1.807, 2.05) is 41.3 Å². The Morgan fingerprint density at radius 3 is 2.46 bits per heavy atom. The van der Waals surface area contributed by atoms with Crippen molar-refractivity contribution in [3.8, 4) is 0 Å². The fourth-order valence-electron chi connectivity index (χ4n) is 4.63. The molecule has 0 bridgehead atoms. The average molecular weight is 421 g/mol. The minimum atomic E-state index is -0.197. The van der Waals surface area contributed by atoms with Gasteiger partial charge in [0.25, 0.3) is 0 Å². The van der Waals surface area contributed by atoms with E-state index in [9.17, 15) is 4.79 Å². The van der Waals surface area contributed by atoms with E-state index in [4.69, 9.17) is 22.1 Å². The van der Waals surface area contributed by atoms with Crippen molar-refractivity contribution in [2.75, 3.05) is 13.2 Å². The number of halogens is 2. The van der Waals surface area contributed by atoms with Crippen molar-refractivity contribution >= 4 is 30.1 Å². The smallest absolute Gasteiger partial charge is 0.410 e. The molecule has 2 N–H and O–H groups in total. The summed E-state index contributed by atoms with van der Waals surface area (Å²) >= 11 is 6.21. The first-order valence-corrected chi connectivity index (χ1v) is 9.97. The Kier molecular flexibility index (Phi) is 6.54. The molecule has 1 atom stereocenters. The first kappa shape index (κ1) is 21.0. The minimum Gasteiger partial charge on any atom is -0.447 e. The van der Waals surface area contributed by atoms with E-state index in [1.54, 1.807) is 0 Å². The molecule has 2 fully saturated rings. The lowest BCUT2D eigenvalue weighted by molar-refractivity contribution is 0.117. The van der Waals surface area contributed by atoms with Gasteiger partial charge in [-0.1, -0.05) is 54.1 Å². The largest absolute Gasteiger partial charge is 0.447 e. The topological polar surface area (TPSA) is 55.6 Å². The predicted molar refractivity (Wildman–Crippen MR) is 114 cm³/mol. The molecule has 6 heteroatoms. The molecule has 0 radical (unpaired) electrons. The van der Waals surface area contributed by atoms with E-state index in [0.29, 0.717) is 13.2 Å². The highest BCUT2D eigenvalue weighted by atomic mass is 35.5. The van der Waals surface area contributed by atoms with E-state index < -0.39 is 0 Å². The van der Waals surface area contributed by atoms with Gasteiger partial charge in [0, 0.05) is 23.0 Å². The second kappa shape index (κ2) is 8.73. The number of nitrogens with two attached hydrogens (primary N) is 1. The third kappa shape index (κ3) is 3.86. The maximum atomic E-state index is 12.5.